The number of hydrogen-bond acceptors (Lipinski definition) is 5. The van der Waals surface area contributed by atoms with E-state index in [9.17, 15) is 0 Å². The third-order valence-electron chi connectivity index (χ3n) is 2.85. The average molecular weight is 246 g/mol. The molecule has 0 amide bonds. The van der Waals surface area contributed by atoms with Gasteiger partial charge >= 0.3 is 0 Å². The summed E-state index contributed by atoms with van der Waals surface area (Å²) < 4.78 is 12.6. The minimum absolute atomic E-state index is 0.164. The second-order valence-corrected chi connectivity index (χ2v) is 4.07. The molecule has 2 rings (SSSR count). The van der Waals surface area contributed by atoms with Crippen molar-refractivity contribution in [3.8, 4) is 12.1 Å². The zero-order chi connectivity index (χ0) is 12.8. The van der Waals surface area contributed by atoms with Gasteiger partial charge in [0.15, 0.2) is 11.4 Å². The summed E-state index contributed by atoms with van der Waals surface area (Å²) in [7, 11) is 0. The highest BCUT2D eigenvalue weighted by Gasteiger charge is 2.15. The Labute approximate surface area is 105 Å². The standard InChI is InChI=1S/C12H14N4O2/c13-6-11-12(7-14)16(9-15-11)3-5-17-8-10-2-1-4-18-10/h9-10H,1-5,8H2/t10-/m0/s1. The van der Waals surface area contributed by atoms with Crippen molar-refractivity contribution in [1.29, 1.82) is 10.5 Å². The zero-order valence-electron chi connectivity index (χ0n) is 10.0. The predicted molar refractivity (Wildman–Crippen MR) is 61.5 cm³/mol. The van der Waals surface area contributed by atoms with Crippen molar-refractivity contribution < 1.29 is 9.47 Å². The molecule has 1 aromatic heterocycles. The van der Waals surface area contributed by atoms with Crippen molar-refractivity contribution >= 4 is 0 Å². The molecular weight excluding hydrogens is 232 g/mol. The van der Waals surface area contributed by atoms with E-state index in [2.05, 4.69) is 4.98 Å². The predicted octanol–water partition coefficient (Wildman–Crippen LogP) is 0.822. The molecule has 1 fully saturated rings. The lowest BCUT2D eigenvalue weighted by Crippen LogP contribution is -2.16. The lowest BCUT2D eigenvalue weighted by atomic mass is 10.2. The second-order valence-electron chi connectivity index (χ2n) is 4.07. The number of aromatic nitrogens is 2. The van der Waals surface area contributed by atoms with Crippen molar-refractivity contribution in [2.45, 2.75) is 25.5 Å². The number of ether oxygens (including phenoxy) is 2. The fraction of sp³-hybridized carbons (Fsp3) is 0.583. The van der Waals surface area contributed by atoms with Gasteiger partial charge < -0.3 is 14.0 Å². The summed E-state index contributed by atoms with van der Waals surface area (Å²) in [6, 6.07) is 3.86. The van der Waals surface area contributed by atoms with Crippen LogP contribution in [0.25, 0.3) is 0 Å². The van der Waals surface area contributed by atoms with Crippen LogP contribution in [-0.2, 0) is 16.0 Å². The van der Waals surface area contributed by atoms with E-state index in [1.165, 1.54) is 6.33 Å². The molecule has 0 bridgehead atoms. The topological polar surface area (TPSA) is 83.9 Å². The van der Waals surface area contributed by atoms with Crippen molar-refractivity contribution in [1.82, 2.24) is 9.55 Å². The SMILES string of the molecule is N#Cc1ncn(CCOC[C@@H]2CCCO2)c1C#N. The van der Waals surface area contributed by atoms with Crippen LogP contribution >= 0.6 is 0 Å². The number of rotatable bonds is 5. The van der Waals surface area contributed by atoms with E-state index in [4.69, 9.17) is 20.0 Å². The molecule has 2 heterocycles. The van der Waals surface area contributed by atoms with Crippen LogP contribution in [0.15, 0.2) is 6.33 Å². The first kappa shape index (κ1) is 12.6. The normalized spacial score (nSPS) is 18.4. The van der Waals surface area contributed by atoms with Crippen LogP contribution in [0, 0.1) is 22.7 Å². The fourth-order valence-electron chi connectivity index (χ4n) is 1.90. The summed E-state index contributed by atoms with van der Waals surface area (Å²) >= 11 is 0. The van der Waals surface area contributed by atoms with E-state index in [1.807, 2.05) is 12.1 Å². The van der Waals surface area contributed by atoms with E-state index in [0.717, 1.165) is 19.4 Å². The smallest absolute Gasteiger partial charge is 0.176 e. The Bertz CT molecular complexity index is 477. The van der Waals surface area contributed by atoms with Crippen LogP contribution < -0.4 is 0 Å². The van der Waals surface area contributed by atoms with Crippen LogP contribution in [0.1, 0.15) is 24.2 Å². The summed E-state index contributed by atoms with van der Waals surface area (Å²) in [5.74, 6) is 0. The van der Waals surface area contributed by atoms with Crippen LogP contribution in [0.3, 0.4) is 0 Å². The lowest BCUT2D eigenvalue weighted by molar-refractivity contribution is 0.0148. The Morgan fingerprint density at radius 3 is 3.06 bits per heavy atom. The molecule has 18 heavy (non-hydrogen) atoms. The van der Waals surface area contributed by atoms with Gasteiger partial charge in [-0.15, -0.1) is 0 Å². The molecule has 0 spiro atoms. The second kappa shape index (κ2) is 6.15. The maximum Gasteiger partial charge on any atom is 0.176 e. The average Bonchev–Trinajstić information content (AvgIpc) is 3.03. The molecular formula is C12H14N4O2. The van der Waals surface area contributed by atoms with Crippen molar-refractivity contribution in [2.24, 2.45) is 0 Å². The third-order valence-corrected chi connectivity index (χ3v) is 2.85. The molecule has 1 aliphatic rings. The molecule has 6 heteroatoms. The largest absolute Gasteiger partial charge is 0.377 e. The van der Waals surface area contributed by atoms with Gasteiger partial charge in [0, 0.05) is 13.2 Å². The van der Waals surface area contributed by atoms with Crippen molar-refractivity contribution in [3.63, 3.8) is 0 Å². The van der Waals surface area contributed by atoms with E-state index >= 15 is 0 Å². The number of hydrogen-bond donors (Lipinski definition) is 0. The quantitative estimate of drug-likeness (QED) is 0.718. The molecule has 1 atom stereocenters. The summed E-state index contributed by atoms with van der Waals surface area (Å²) in [6.07, 6.45) is 3.84. The summed E-state index contributed by atoms with van der Waals surface area (Å²) in [4.78, 5) is 3.86. The zero-order valence-corrected chi connectivity index (χ0v) is 10.0. The van der Waals surface area contributed by atoms with Crippen LogP contribution in [-0.4, -0.2) is 35.5 Å². The van der Waals surface area contributed by atoms with Gasteiger partial charge in [0.05, 0.1) is 25.6 Å². The molecule has 1 saturated heterocycles. The van der Waals surface area contributed by atoms with Gasteiger partial charge in [0.2, 0.25) is 0 Å². The van der Waals surface area contributed by atoms with Crippen molar-refractivity contribution in [2.75, 3.05) is 19.8 Å². The maximum absolute atomic E-state index is 8.93. The summed E-state index contributed by atoms with van der Waals surface area (Å²) in [6.45, 7) is 2.40. The van der Waals surface area contributed by atoms with Gasteiger partial charge in [0.25, 0.3) is 0 Å². The van der Waals surface area contributed by atoms with Crippen molar-refractivity contribution in [3.05, 3.63) is 17.7 Å². The van der Waals surface area contributed by atoms with Gasteiger partial charge in [-0.3, -0.25) is 0 Å². The first-order chi connectivity index (χ1) is 8.85. The monoisotopic (exact) mass is 246 g/mol. The minimum atomic E-state index is 0.164. The molecule has 1 aliphatic heterocycles. The Morgan fingerprint density at radius 2 is 2.39 bits per heavy atom. The highest BCUT2D eigenvalue weighted by atomic mass is 16.5. The molecule has 94 valence electrons. The summed E-state index contributed by atoms with van der Waals surface area (Å²) in [5.41, 5.74) is 0.454. The number of nitriles is 2. The van der Waals surface area contributed by atoms with E-state index in [1.54, 1.807) is 4.57 Å². The van der Waals surface area contributed by atoms with Gasteiger partial charge in [-0.1, -0.05) is 0 Å². The van der Waals surface area contributed by atoms with Gasteiger partial charge in [-0.05, 0) is 12.8 Å². The number of imidazole rings is 1. The highest BCUT2D eigenvalue weighted by molar-refractivity contribution is 5.35. The Kier molecular flexibility index (Phi) is 4.30. The number of nitrogens with zero attached hydrogens (tertiary/aromatic N) is 4. The Morgan fingerprint density at radius 1 is 1.50 bits per heavy atom. The molecule has 0 N–H and O–H groups in total. The Hall–Kier alpha value is -1.89. The van der Waals surface area contributed by atoms with Crippen LogP contribution in [0.4, 0.5) is 0 Å². The molecule has 0 unspecified atom stereocenters. The summed E-state index contributed by atoms with van der Waals surface area (Å²) in [5, 5.41) is 17.7. The Balaban J connectivity index is 1.78. The van der Waals surface area contributed by atoms with Gasteiger partial charge in [-0.2, -0.15) is 10.5 Å². The molecule has 1 aromatic rings. The minimum Gasteiger partial charge on any atom is -0.377 e. The first-order valence-corrected chi connectivity index (χ1v) is 5.90. The van der Waals surface area contributed by atoms with E-state index in [0.29, 0.717) is 25.5 Å². The maximum atomic E-state index is 8.93. The lowest BCUT2D eigenvalue weighted by Gasteiger charge is -2.10. The van der Waals surface area contributed by atoms with E-state index in [-0.39, 0.29) is 11.8 Å². The molecule has 0 radical (unpaired) electrons. The van der Waals surface area contributed by atoms with Gasteiger partial charge in [-0.25, -0.2) is 4.98 Å². The first-order valence-electron chi connectivity index (χ1n) is 5.90. The third kappa shape index (κ3) is 2.86. The highest BCUT2D eigenvalue weighted by Crippen LogP contribution is 2.12. The fourth-order valence-corrected chi connectivity index (χ4v) is 1.90. The van der Waals surface area contributed by atoms with E-state index < -0.39 is 0 Å². The molecule has 0 saturated carbocycles. The molecule has 0 aliphatic carbocycles. The van der Waals surface area contributed by atoms with Crippen LogP contribution in [0.5, 0.6) is 0 Å². The van der Waals surface area contributed by atoms with Crippen LogP contribution in [0.2, 0.25) is 0 Å². The molecule has 6 nitrogen and oxygen atoms in total. The molecule has 0 aromatic carbocycles. The van der Waals surface area contributed by atoms with Gasteiger partial charge in [0.1, 0.15) is 12.1 Å².